The average molecular weight is 326 g/mol. The molecule has 0 bridgehead atoms. The highest BCUT2D eigenvalue weighted by molar-refractivity contribution is 5.71. The number of hydrogen-bond donors (Lipinski definition) is 0. The van der Waals surface area contributed by atoms with E-state index in [0.29, 0.717) is 0 Å². The molecule has 0 aliphatic rings. The molecule has 0 radical (unpaired) electrons. The van der Waals surface area contributed by atoms with Crippen molar-refractivity contribution in [2.75, 3.05) is 34.8 Å². The summed E-state index contributed by atoms with van der Waals surface area (Å²) in [7, 11) is 7.97. The van der Waals surface area contributed by atoms with Crippen LogP contribution >= 0.6 is 0 Å². The lowest BCUT2D eigenvalue weighted by atomic mass is 10.4. The molecule has 0 aliphatic heterocycles. The molecule has 0 amide bonds. The Bertz CT molecular complexity index is 209. The fourth-order valence-electron chi connectivity index (χ4n) is 0.951. The molecule has 0 N–H and O–H groups in total. The number of ether oxygens (including phenoxy) is 1. The van der Waals surface area contributed by atoms with Crippen LogP contribution in [0.15, 0.2) is 12.0 Å². The van der Waals surface area contributed by atoms with Crippen LogP contribution < -0.4 is 24.0 Å². The van der Waals surface area contributed by atoms with Crippen molar-refractivity contribution in [2.45, 2.75) is 19.8 Å². The van der Waals surface area contributed by atoms with Crippen molar-refractivity contribution >= 4 is 6.21 Å². The summed E-state index contributed by atoms with van der Waals surface area (Å²) in [4.78, 5) is 1.99. The molecular formula is C11H23IN2O. The predicted molar refractivity (Wildman–Crippen MR) is 60.8 cm³/mol. The lowest BCUT2D eigenvalue weighted by Crippen LogP contribution is -3.00. The van der Waals surface area contributed by atoms with Gasteiger partial charge in [0.05, 0.1) is 6.61 Å². The van der Waals surface area contributed by atoms with E-state index in [1.165, 1.54) is 0 Å². The van der Waals surface area contributed by atoms with Crippen LogP contribution in [0.2, 0.25) is 0 Å². The van der Waals surface area contributed by atoms with Gasteiger partial charge in [-0.15, -0.1) is 0 Å². The van der Waals surface area contributed by atoms with Crippen molar-refractivity contribution in [2.24, 2.45) is 0 Å². The van der Waals surface area contributed by atoms with Crippen LogP contribution in [-0.2, 0) is 4.74 Å². The first-order valence-electron chi connectivity index (χ1n) is 5.08. The zero-order valence-corrected chi connectivity index (χ0v) is 12.6. The minimum atomic E-state index is 0. The van der Waals surface area contributed by atoms with Crippen LogP contribution in [0.4, 0.5) is 0 Å². The number of rotatable bonds is 6. The lowest BCUT2D eigenvalue weighted by molar-refractivity contribution is -0.459. The molecule has 0 saturated heterocycles. The number of halogens is 1. The van der Waals surface area contributed by atoms with Gasteiger partial charge in [-0.25, -0.2) is 4.58 Å². The van der Waals surface area contributed by atoms with Gasteiger partial charge in [-0.05, 0) is 6.42 Å². The number of hydrogen-bond acceptors (Lipinski definition) is 2. The summed E-state index contributed by atoms with van der Waals surface area (Å²) in [6.07, 6.45) is 6.23. The first kappa shape index (κ1) is 17.1. The Labute approximate surface area is 111 Å². The summed E-state index contributed by atoms with van der Waals surface area (Å²) in [6, 6.07) is 0. The van der Waals surface area contributed by atoms with Crippen molar-refractivity contribution in [3.05, 3.63) is 12.0 Å². The average Bonchev–Trinajstić information content (AvgIpc) is 2.02. The number of unbranched alkanes of at least 4 members (excludes halogenated alkanes) is 1. The molecule has 0 aromatic heterocycles. The smallest absolute Gasteiger partial charge is 0.206 e. The molecule has 15 heavy (non-hydrogen) atoms. The maximum absolute atomic E-state index is 5.63. The molecule has 90 valence electrons. The van der Waals surface area contributed by atoms with E-state index in [0.717, 1.165) is 25.2 Å². The van der Waals surface area contributed by atoms with E-state index >= 15 is 0 Å². The topological polar surface area (TPSA) is 15.5 Å². The van der Waals surface area contributed by atoms with Crippen LogP contribution in [0.1, 0.15) is 19.8 Å². The van der Waals surface area contributed by atoms with Crippen LogP contribution in [0.5, 0.6) is 0 Å². The second kappa shape index (κ2) is 10.3. The van der Waals surface area contributed by atoms with E-state index in [2.05, 4.69) is 6.92 Å². The highest BCUT2D eigenvalue weighted by Crippen LogP contribution is 1.98. The molecule has 4 heteroatoms. The summed E-state index contributed by atoms with van der Waals surface area (Å²) in [5, 5.41) is 0. The summed E-state index contributed by atoms with van der Waals surface area (Å²) < 4.78 is 7.61. The standard InChI is InChI=1S/C11H23N2O.HI/c1-6-7-8-14-11(9-12(2)3)10-13(4)5;/h9-10H,6-8H2,1-5H3;1H/q+1;/p-1. The van der Waals surface area contributed by atoms with E-state index < -0.39 is 0 Å². The molecule has 0 aromatic carbocycles. The third kappa shape index (κ3) is 11.7. The van der Waals surface area contributed by atoms with Gasteiger partial charge in [-0.1, -0.05) is 13.3 Å². The van der Waals surface area contributed by atoms with Gasteiger partial charge in [-0.3, -0.25) is 0 Å². The lowest BCUT2D eigenvalue weighted by Gasteiger charge is -2.08. The molecule has 0 aliphatic carbocycles. The fraction of sp³-hybridized carbons (Fsp3) is 0.727. The molecule has 0 spiro atoms. The maximum atomic E-state index is 5.63. The molecule has 0 atom stereocenters. The Hall–Kier alpha value is -0.260. The molecule has 0 heterocycles. The highest BCUT2D eigenvalue weighted by Gasteiger charge is 1.99. The van der Waals surface area contributed by atoms with Crippen molar-refractivity contribution in [1.29, 1.82) is 0 Å². The summed E-state index contributed by atoms with van der Waals surface area (Å²) >= 11 is 0. The van der Waals surface area contributed by atoms with Crippen molar-refractivity contribution in [1.82, 2.24) is 4.90 Å². The van der Waals surface area contributed by atoms with Crippen molar-refractivity contribution in [3.63, 3.8) is 0 Å². The Morgan fingerprint density at radius 1 is 1.33 bits per heavy atom. The Morgan fingerprint density at radius 3 is 2.33 bits per heavy atom. The van der Waals surface area contributed by atoms with Crippen LogP contribution in [0.25, 0.3) is 0 Å². The first-order valence-corrected chi connectivity index (χ1v) is 5.08. The second-order valence-electron chi connectivity index (χ2n) is 3.79. The van der Waals surface area contributed by atoms with Gasteiger partial charge in [0, 0.05) is 20.3 Å². The first-order chi connectivity index (χ1) is 6.56. The Balaban J connectivity index is 0. The van der Waals surface area contributed by atoms with Crippen LogP contribution in [-0.4, -0.2) is 50.5 Å². The van der Waals surface area contributed by atoms with Gasteiger partial charge in [0.2, 0.25) is 6.21 Å². The quantitative estimate of drug-likeness (QED) is 0.195. The third-order valence-electron chi connectivity index (χ3n) is 1.54. The summed E-state index contributed by atoms with van der Waals surface area (Å²) in [5.41, 5.74) is 0. The molecule has 3 nitrogen and oxygen atoms in total. The minimum absolute atomic E-state index is 0. The minimum Gasteiger partial charge on any atom is -1.00 e. The SMILES string of the molecule is CCCCOC(=CN(C)C)C=[N+](C)C.[I-]. The van der Waals surface area contributed by atoms with Crippen molar-refractivity contribution < 1.29 is 33.3 Å². The molecule has 0 fully saturated rings. The number of nitrogens with zero attached hydrogens (tertiary/aromatic N) is 2. The summed E-state index contributed by atoms with van der Waals surface area (Å²) in [5.74, 6) is 0.911. The van der Waals surface area contributed by atoms with E-state index in [1.54, 1.807) is 0 Å². The Morgan fingerprint density at radius 2 is 1.93 bits per heavy atom. The van der Waals surface area contributed by atoms with Gasteiger partial charge >= 0.3 is 0 Å². The van der Waals surface area contributed by atoms with Gasteiger partial charge in [0.15, 0.2) is 5.76 Å². The molecule has 0 aromatic rings. The zero-order chi connectivity index (χ0) is 11.0. The maximum Gasteiger partial charge on any atom is 0.206 e. The highest BCUT2D eigenvalue weighted by atomic mass is 127. The second-order valence-corrected chi connectivity index (χ2v) is 3.79. The monoisotopic (exact) mass is 326 g/mol. The molecule has 0 rings (SSSR count). The van der Waals surface area contributed by atoms with Gasteiger partial charge in [-0.2, -0.15) is 0 Å². The van der Waals surface area contributed by atoms with E-state index in [1.807, 2.05) is 50.1 Å². The molecular weight excluding hydrogens is 303 g/mol. The largest absolute Gasteiger partial charge is 1.00 e. The Kier molecular flexibility index (Phi) is 11.7. The van der Waals surface area contributed by atoms with E-state index in [9.17, 15) is 0 Å². The van der Waals surface area contributed by atoms with Crippen molar-refractivity contribution in [3.8, 4) is 0 Å². The van der Waals surface area contributed by atoms with E-state index in [-0.39, 0.29) is 24.0 Å². The van der Waals surface area contributed by atoms with Gasteiger partial charge in [0.25, 0.3) is 0 Å². The van der Waals surface area contributed by atoms with Gasteiger partial charge < -0.3 is 33.6 Å². The third-order valence-corrected chi connectivity index (χ3v) is 1.54. The summed E-state index contributed by atoms with van der Waals surface area (Å²) in [6.45, 7) is 2.95. The fourth-order valence-corrected chi connectivity index (χ4v) is 0.951. The van der Waals surface area contributed by atoms with Gasteiger partial charge in [0.1, 0.15) is 14.1 Å². The molecule has 0 saturated carbocycles. The normalized spacial score (nSPS) is 10.3. The zero-order valence-electron chi connectivity index (χ0n) is 10.5. The van der Waals surface area contributed by atoms with E-state index in [4.69, 9.17) is 4.74 Å². The predicted octanol–water partition coefficient (Wildman–Crippen LogP) is -1.45. The van der Waals surface area contributed by atoms with Crippen LogP contribution in [0, 0.1) is 0 Å². The van der Waals surface area contributed by atoms with Crippen LogP contribution in [0.3, 0.4) is 0 Å². The molecule has 0 unspecified atom stereocenters. The number of allylic oxidation sites excluding steroid dienone is 1.